The number of nitrogens with zero attached hydrogens (tertiary/aromatic N) is 3. The molecule has 0 spiro atoms. The Kier molecular flexibility index (Phi) is 13.7. The van der Waals surface area contributed by atoms with Crippen molar-refractivity contribution in [1.29, 1.82) is 0 Å². The molecule has 0 aliphatic carbocycles. The second-order valence-corrected chi connectivity index (χ2v) is 17.4. The quantitative estimate of drug-likeness (QED) is 0.111. The molecule has 3 aromatic rings. The predicted octanol–water partition coefficient (Wildman–Crippen LogP) is 3.83. The molecule has 0 N–H and O–H groups in total. The van der Waals surface area contributed by atoms with Crippen LogP contribution >= 0.6 is 0 Å². The normalized spacial score (nSPS) is 17.7. The predicted molar refractivity (Wildman–Crippen MR) is 202 cm³/mol. The summed E-state index contributed by atoms with van der Waals surface area (Å²) < 4.78 is 70.6. The minimum absolute atomic E-state index is 0. The van der Waals surface area contributed by atoms with Gasteiger partial charge < -0.3 is 14.0 Å². The summed E-state index contributed by atoms with van der Waals surface area (Å²) in [5.74, 6) is -0.851. The van der Waals surface area contributed by atoms with E-state index >= 15 is 0 Å². The minimum Gasteiger partial charge on any atom is -0.748 e. The number of aromatic nitrogens is 1. The summed E-state index contributed by atoms with van der Waals surface area (Å²) in [5.41, 5.74) is 9.71. The van der Waals surface area contributed by atoms with Crippen LogP contribution in [0.15, 0.2) is 103 Å². The number of anilines is 1. The topological polar surface area (TPSA) is 134 Å². The summed E-state index contributed by atoms with van der Waals surface area (Å²) in [4.78, 5) is 6.31. The first-order chi connectivity index (χ1) is 23.9. The third-order valence-electron chi connectivity index (χ3n) is 9.72. The Labute approximate surface area is 351 Å². The van der Waals surface area contributed by atoms with Crippen molar-refractivity contribution in [2.75, 3.05) is 29.5 Å². The van der Waals surface area contributed by atoms with Gasteiger partial charge in [-0.2, -0.15) is 4.58 Å². The summed E-state index contributed by atoms with van der Waals surface area (Å²) in [5, 5.41) is 0. The minimum atomic E-state index is -4.33. The second kappa shape index (κ2) is 16.9. The summed E-state index contributed by atoms with van der Waals surface area (Å²) in [6.45, 7) is 13.5. The van der Waals surface area contributed by atoms with Gasteiger partial charge in [0.2, 0.25) is 5.69 Å². The van der Waals surface area contributed by atoms with Gasteiger partial charge in [0, 0.05) is 71.4 Å². The van der Waals surface area contributed by atoms with Gasteiger partial charge in [-0.05, 0) is 81.2 Å². The van der Waals surface area contributed by atoms with E-state index in [1.54, 1.807) is 12.4 Å². The van der Waals surface area contributed by atoms with Crippen LogP contribution in [0.2, 0.25) is 0 Å². The number of aryl methyl sites for hydroxylation is 2. The molecular weight excluding hydrogens is 722 g/mol. The molecule has 0 fully saturated rings. The monoisotopic (exact) mass is 767 g/mol. The molecule has 5 rings (SSSR count). The van der Waals surface area contributed by atoms with E-state index < -0.39 is 31.7 Å². The van der Waals surface area contributed by atoms with Crippen LogP contribution in [0.5, 0.6) is 0 Å². The molecular formula is C40H46KN3O6S2. The van der Waals surface area contributed by atoms with E-state index in [9.17, 15) is 25.9 Å². The fourth-order valence-electron chi connectivity index (χ4n) is 7.14. The van der Waals surface area contributed by atoms with Gasteiger partial charge in [-0.25, -0.2) is 16.8 Å². The SMILES string of the molecule is Cc1ccc2c(c1)C(C)(C)C(=CC=CC(=CC=CC1=[N+](CCCS(=O)(=O)[O-])c3ccc(C)cc3C1(C)C)c1ccncc1)N2CCCS(=O)(=O)[O-].[K+]. The third kappa shape index (κ3) is 9.96. The molecule has 0 saturated carbocycles. The van der Waals surface area contributed by atoms with Gasteiger partial charge in [0.15, 0.2) is 5.71 Å². The van der Waals surface area contributed by atoms with Crippen molar-refractivity contribution >= 4 is 42.9 Å². The van der Waals surface area contributed by atoms with Crippen LogP contribution in [0.4, 0.5) is 11.4 Å². The summed E-state index contributed by atoms with van der Waals surface area (Å²) in [6.07, 6.45) is 16.1. The molecule has 52 heavy (non-hydrogen) atoms. The molecule has 0 radical (unpaired) electrons. The largest absolute Gasteiger partial charge is 1.00 e. The zero-order valence-corrected chi connectivity index (χ0v) is 35.8. The Morgan fingerprint density at radius 2 is 1.44 bits per heavy atom. The van der Waals surface area contributed by atoms with Gasteiger partial charge in [-0.1, -0.05) is 67.5 Å². The number of pyridine rings is 1. The number of rotatable bonds is 13. The number of hydrogen-bond donors (Lipinski definition) is 0. The van der Waals surface area contributed by atoms with Gasteiger partial charge >= 0.3 is 51.4 Å². The second-order valence-electron chi connectivity index (χ2n) is 14.3. The molecule has 0 atom stereocenters. The van der Waals surface area contributed by atoms with Crippen molar-refractivity contribution in [3.8, 4) is 0 Å². The van der Waals surface area contributed by atoms with Crippen molar-refractivity contribution < 1.29 is 81.9 Å². The molecule has 0 amide bonds. The van der Waals surface area contributed by atoms with Crippen LogP contribution in [0.3, 0.4) is 0 Å². The molecule has 0 saturated heterocycles. The van der Waals surface area contributed by atoms with Crippen LogP contribution in [-0.4, -0.2) is 65.8 Å². The maximum Gasteiger partial charge on any atom is 1.00 e. The van der Waals surface area contributed by atoms with E-state index in [1.165, 1.54) is 0 Å². The number of benzene rings is 2. The van der Waals surface area contributed by atoms with Gasteiger partial charge in [0.25, 0.3) is 0 Å². The fraction of sp³-hybridized carbons (Fsp3) is 0.350. The Bertz CT molecular complexity index is 2190. The van der Waals surface area contributed by atoms with E-state index in [0.29, 0.717) is 13.1 Å². The molecule has 2 aromatic carbocycles. The summed E-state index contributed by atoms with van der Waals surface area (Å²) in [7, 11) is -8.66. The van der Waals surface area contributed by atoms with E-state index in [1.807, 2.05) is 62.4 Å². The third-order valence-corrected chi connectivity index (χ3v) is 11.3. The smallest absolute Gasteiger partial charge is 0.748 e. The number of fused-ring (bicyclic) bond motifs is 2. The molecule has 9 nitrogen and oxygen atoms in total. The van der Waals surface area contributed by atoms with Crippen LogP contribution in [0.1, 0.15) is 68.4 Å². The standard InChI is InChI=1S/C40H47N3O6S2.K/c1-29-15-17-35-33(27-29)39(3,4)37(42(35)23-9-25-50(44,45)46)13-7-11-31(32-19-21-41-22-20-32)12-8-14-38-40(5,6)34-28-30(2)16-18-36(34)43(38)24-10-26-51(47,48)49;/h7-8,11-22,27-28H,9-10,23-26H2,1-6H3,(H-,44,45,46,47,48,49);/q;+1/p-1. The van der Waals surface area contributed by atoms with E-state index in [2.05, 4.69) is 78.6 Å². The van der Waals surface area contributed by atoms with Crippen molar-refractivity contribution in [2.24, 2.45) is 0 Å². The molecule has 0 bridgehead atoms. The first-order valence-corrected chi connectivity index (χ1v) is 20.2. The molecule has 1 aromatic heterocycles. The van der Waals surface area contributed by atoms with Crippen LogP contribution in [0, 0.1) is 13.8 Å². The Hall–Kier alpha value is -2.52. The van der Waals surface area contributed by atoms with Crippen LogP contribution in [-0.2, 0) is 31.1 Å². The maximum absolute atomic E-state index is 11.4. The van der Waals surface area contributed by atoms with Crippen molar-refractivity contribution in [3.63, 3.8) is 0 Å². The summed E-state index contributed by atoms with van der Waals surface area (Å²) >= 11 is 0. The van der Waals surface area contributed by atoms with Crippen LogP contribution in [0.25, 0.3) is 5.57 Å². The Balaban J connectivity index is 0.00000605. The van der Waals surface area contributed by atoms with E-state index in [0.717, 1.165) is 56.2 Å². The van der Waals surface area contributed by atoms with Crippen LogP contribution < -0.4 is 56.3 Å². The van der Waals surface area contributed by atoms with Gasteiger partial charge in [0.05, 0.1) is 25.7 Å². The maximum atomic E-state index is 11.4. The van der Waals surface area contributed by atoms with Gasteiger partial charge in [-0.15, -0.1) is 0 Å². The molecule has 2 aliphatic heterocycles. The average Bonchev–Trinajstić information content (AvgIpc) is 3.37. The number of allylic oxidation sites excluding steroid dienone is 8. The average molecular weight is 768 g/mol. The summed E-state index contributed by atoms with van der Waals surface area (Å²) in [6, 6.07) is 16.4. The van der Waals surface area contributed by atoms with E-state index in [4.69, 9.17) is 0 Å². The first kappa shape index (κ1) is 42.2. The van der Waals surface area contributed by atoms with Crippen molar-refractivity contribution in [2.45, 2.75) is 65.2 Å². The van der Waals surface area contributed by atoms with Gasteiger partial charge in [0.1, 0.15) is 6.54 Å². The van der Waals surface area contributed by atoms with Gasteiger partial charge in [-0.3, -0.25) is 4.98 Å². The fourth-order valence-corrected chi connectivity index (χ4v) is 8.10. The number of hydrogen-bond acceptors (Lipinski definition) is 8. The van der Waals surface area contributed by atoms with Crippen molar-refractivity contribution in [3.05, 3.63) is 131 Å². The molecule has 3 heterocycles. The van der Waals surface area contributed by atoms with Crippen molar-refractivity contribution in [1.82, 2.24) is 4.98 Å². The molecule has 2 aliphatic rings. The Morgan fingerprint density at radius 3 is 2.10 bits per heavy atom. The molecule has 270 valence electrons. The molecule has 0 unspecified atom stereocenters. The molecule has 12 heteroatoms. The first-order valence-electron chi connectivity index (χ1n) is 17.1. The zero-order valence-electron chi connectivity index (χ0n) is 31.1. The Morgan fingerprint density at radius 1 is 0.827 bits per heavy atom. The zero-order chi connectivity index (χ0) is 37.2. The van der Waals surface area contributed by atoms with E-state index in [-0.39, 0.29) is 75.1 Å².